The van der Waals surface area contributed by atoms with Crippen LogP contribution in [0.4, 0.5) is 5.13 Å². The minimum absolute atomic E-state index is 0.239. The number of carbonyl (C=O) groups excluding carboxylic acids is 1. The highest BCUT2D eigenvalue weighted by Crippen LogP contribution is 2.27. The number of halogens is 1. The molecule has 7 nitrogen and oxygen atoms in total. The Kier molecular flexibility index (Phi) is 4.97. The highest BCUT2D eigenvalue weighted by atomic mass is 35.5. The van der Waals surface area contributed by atoms with E-state index in [1.54, 1.807) is 35.2 Å². The van der Waals surface area contributed by atoms with Crippen molar-refractivity contribution in [1.29, 1.82) is 0 Å². The zero-order chi connectivity index (χ0) is 19.7. The molecule has 1 amide bonds. The standard InChI is InChI=1S/C19H16ClN5O2S/c1-11(2)18-22-23-19(28-18)21-17(26)14-10-15(16-4-3-9-27-16)25(24-14)13-7-5-12(20)6-8-13/h3-11H,1-2H3,(H,21,23,26). The number of hydrogen-bond acceptors (Lipinski definition) is 6. The zero-order valence-corrected chi connectivity index (χ0v) is 16.7. The smallest absolute Gasteiger partial charge is 0.278 e. The van der Waals surface area contributed by atoms with Crippen molar-refractivity contribution < 1.29 is 9.21 Å². The third-order valence-corrected chi connectivity index (χ3v) is 5.33. The molecule has 0 radical (unpaired) electrons. The summed E-state index contributed by atoms with van der Waals surface area (Å²) in [7, 11) is 0. The lowest BCUT2D eigenvalue weighted by Crippen LogP contribution is -2.13. The molecule has 4 rings (SSSR count). The maximum absolute atomic E-state index is 12.7. The Morgan fingerprint density at radius 2 is 2.00 bits per heavy atom. The molecule has 1 aromatic carbocycles. The number of rotatable bonds is 5. The fourth-order valence-corrected chi connectivity index (χ4v) is 3.42. The van der Waals surface area contributed by atoms with E-state index in [1.165, 1.54) is 11.3 Å². The van der Waals surface area contributed by atoms with Crippen LogP contribution in [0.1, 0.15) is 35.3 Å². The Hall–Kier alpha value is -2.97. The van der Waals surface area contributed by atoms with Crippen molar-refractivity contribution in [3.63, 3.8) is 0 Å². The lowest BCUT2D eigenvalue weighted by molar-refractivity contribution is 0.102. The molecule has 4 aromatic rings. The third kappa shape index (κ3) is 3.69. The molecule has 1 N–H and O–H groups in total. The number of nitrogens with zero attached hydrogens (tertiary/aromatic N) is 4. The summed E-state index contributed by atoms with van der Waals surface area (Å²) < 4.78 is 7.15. The van der Waals surface area contributed by atoms with E-state index >= 15 is 0 Å². The first-order valence-electron chi connectivity index (χ1n) is 8.56. The zero-order valence-electron chi connectivity index (χ0n) is 15.1. The predicted molar refractivity (Wildman–Crippen MR) is 108 cm³/mol. The molecule has 0 aliphatic carbocycles. The summed E-state index contributed by atoms with van der Waals surface area (Å²) in [6, 6.07) is 12.4. The number of benzene rings is 1. The average Bonchev–Trinajstić information content (AvgIpc) is 3.42. The third-order valence-electron chi connectivity index (χ3n) is 3.94. The van der Waals surface area contributed by atoms with E-state index in [4.69, 9.17) is 16.0 Å². The lowest BCUT2D eigenvalue weighted by Gasteiger charge is -2.05. The van der Waals surface area contributed by atoms with Crippen molar-refractivity contribution in [3.05, 3.63) is 64.5 Å². The molecule has 9 heteroatoms. The maximum atomic E-state index is 12.7. The van der Waals surface area contributed by atoms with E-state index in [1.807, 2.05) is 32.0 Å². The normalized spacial score (nSPS) is 11.1. The average molecular weight is 414 g/mol. The van der Waals surface area contributed by atoms with Crippen LogP contribution in [0.25, 0.3) is 17.1 Å². The highest BCUT2D eigenvalue weighted by Gasteiger charge is 2.20. The van der Waals surface area contributed by atoms with E-state index in [0.717, 1.165) is 10.7 Å². The van der Waals surface area contributed by atoms with E-state index in [-0.39, 0.29) is 17.5 Å². The Labute approximate surface area is 170 Å². The van der Waals surface area contributed by atoms with Crippen LogP contribution in [-0.2, 0) is 0 Å². The summed E-state index contributed by atoms with van der Waals surface area (Å²) in [5, 5.41) is 17.2. The molecule has 0 saturated carbocycles. The first-order valence-corrected chi connectivity index (χ1v) is 9.75. The molecule has 3 heterocycles. The highest BCUT2D eigenvalue weighted by molar-refractivity contribution is 7.15. The van der Waals surface area contributed by atoms with Gasteiger partial charge in [-0.05, 0) is 36.4 Å². The van der Waals surface area contributed by atoms with Gasteiger partial charge in [0.2, 0.25) is 5.13 Å². The van der Waals surface area contributed by atoms with Gasteiger partial charge in [-0.3, -0.25) is 10.1 Å². The minimum Gasteiger partial charge on any atom is -0.463 e. The van der Waals surface area contributed by atoms with Gasteiger partial charge in [0.15, 0.2) is 11.5 Å². The van der Waals surface area contributed by atoms with Crippen molar-refractivity contribution in [3.8, 4) is 17.1 Å². The Bertz CT molecular complexity index is 1100. The van der Waals surface area contributed by atoms with Crippen LogP contribution in [-0.4, -0.2) is 25.9 Å². The molecule has 0 aliphatic rings. The maximum Gasteiger partial charge on any atom is 0.278 e. The molecule has 0 atom stereocenters. The van der Waals surface area contributed by atoms with Gasteiger partial charge in [0.25, 0.3) is 5.91 Å². The van der Waals surface area contributed by atoms with Crippen LogP contribution in [0.2, 0.25) is 5.02 Å². The summed E-state index contributed by atoms with van der Waals surface area (Å²) >= 11 is 7.33. The summed E-state index contributed by atoms with van der Waals surface area (Å²) in [5.41, 5.74) is 1.65. The van der Waals surface area contributed by atoms with Gasteiger partial charge in [0.1, 0.15) is 10.7 Å². The fourth-order valence-electron chi connectivity index (χ4n) is 2.55. The summed E-state index contributed by atoms with van der Waals surface area (Å²) in [6.07, 6.45) is 1.57. The molecule has 142 valence electrons. The van der Waals surface area contributed by atoms with E-state index in [0.29, 0.717) is 21.6 Å². The number of furan rings is 1. The van der Waals surface area contributed by atoms with Crippen molar-refractivity contribution in [2.75, 3.05) is 5.32 Å². The van der Waals surface area contributed by atoms with E-state index in [2.05, 4.69) is 20.6 Å². The number of carbonyl (C=O) groups is 1. The summed E-state index contributed by atoms with van der Waals surface area (Å²) in [6.45, 7) is 4.05. The van der Waals surface area contributed by atoms with Crippen LogP contribution < -0.4 is 5.32 Å². The van der Waals surface area contributed by atoms with E-state index < -0.39 is 0 Å². The lowest BCUT2D eigenvalue weighted by atomic mass is 10.2. The van der Waals surface area contributed by atoms with Crippen LogP contribution in [0.3, 0.4) is 0 Å². The van der Waals surface area contributed by atoms with Crippen molar-refractivity contribution in [2.24, 2.45) is 0 Å². The molecule has 0 fully saturated rings. The van der Waals surface area contributed by atoms with Crippen molar-refractivity contribution in [2.45, 2.75) is 19.8 Å². The number of aromatic nitrogens is 4. The molecule has 0 unspecified atom stereocenters. The first-order chi connectivity index (χ1) is 13.5. The van der Waals surface area contributed by atoms with Crippen LogP contribution >= 0.6 is 22.9 Å². The Morgan fingerprint density at radius 1 is 1.21 bits per heavy atom. The summed E-state index contributed by atoms with van der Waals surface area (Å²) in [5.74, 6) is 0.476. The molecule has 0 bridgehead atoms. The van der Waals surface area contributed by atoms with Crippen molar-refractivity contribution in [1.82, 2.24) is 20.0 Å². The van der Waals surface area contributed by atoms with Crippen molar-refractivity contribution >= 4 is 34.0 Å². The molecular weight excluding hydrogens is 398 g/mol. The number of amides is 1. The van der Waals surface area contributed by atoms with Crippen LogP contribution in [0, 0.1) is 0 Å². The topological polar surface area (TPSA) is 85.8 Å². The SMILES string of the molecule is CC(C)c1nnc(NC(=O)c2cc(-c3ccco3)n(-c3ccc(Cl)cc3)n2)s1. The van der Waals surface area contributed by atoms with Gasteiger partial charge in [0, 0.05) is 17.0 Å². The second-order valence-electron chi connectivity index (χ2n) is 6.33. The number of anilines is 1. The molecule has 3 aromatic heterocycles. The number of hydrogen-bond donors (Lipinski definition) is 1. The van der Waals surface area contributed by atoms with Gasteiger partial charge in [-0.2, -0.15) is 5.10 Å². The fraction of sp³-hybridized carbons (Fsp3) is 0.158. The van der Waals surface area contributed by atoms with Crippen LogP contribution in [0.5, 0.6) is 0 Å². The molecule has 0 spiro atoms. The molecule has 0 aliphatic heterocycles. The van der Waals surface area contributed by atoms with Crippen LogP contribution in [0.15, 0.2) is 53.1 Å². The largest absolute Gasteiger partial charge is 0.463 e. The Balaban J connectivity index is 1.68. The first kappa shape index (κ1) is 18.4. The number of nitrogens with one attached hydrogen (secondary N) is 1. The van der Waals surface area contributed by atoms with Gasteiger partial charge in [-0.15, -0.1) is 10.2 Å². The minimum atomic E-state index is -0.369. The molecular formula is C19H16ClN5O2S. The summed E-state index contributed by atoms with van der Waals surface area (Å²) in [4.78, 5) is 12.7. The van der Waals surface area contributed by atoms with Gasteiger partial charge < -0.3 is 4.42 Å². The van der Waals surface area contributed by atoms with Gasteiger partial charge in [-0.1, -0.05) is 36.8 Å². The monoisotopic (exact) mass is 413 g/mol. The molecule has 0 saturated heterocycles. The Morgan fingerprint density at radius 3 is 2.64 bits per heavy atom. The quantitative estimate of drug-likeness (QED) is 0.496. The van der Waals surface area contributed by atoms with Gasteiger partial charge in [0.05, 0.1) is 12.0 Å². The predicted octanol–water partition coefficient (Wildman–Crippen LogP) is 5.01. The van der Waals surface area contributed by atoms with E-state index in [9.17, 15) is 4.79 Å². The van der Waals surface area contributed by atoms with Gasteiger partial charge >= 0.3 is 0 Å². The second kappa shape index (κ2) is 7.57. The second-order valence-corrected chi connectivity index (χ2v) is 7.78. The van der Waals surface area contributed by atoms with Gasteiger partial charge in [-0.25, -0.2) is 4.68 Å². The molecule has 28 heavy (non-hydrogen) atoms.